The molecule has 1 aliphatic rings. The molecule has 19 heavy (non-hydrogen) atoms. The van der Waals surface area contributed by atoms with Crippen LogP contribution in [0.1, 0.15) is 22.5 Å². The maximum atomic E-state index is 8.92. The van der Waals surface area contributed by atoms with E-state index < -0.39 is 0 Å². The Kier molecular flexibility index (Phi) is 2.60. The van der Waals surface area contributed by atoms with E-state index in [-0.39, 0.29) is 0 Å². The molecule has 0 atom stereocenters. The minimum absolute atomic E-state index is 0.380. The third kappa shape index (κ3) is 1.89. The van der Waals surface area contributed by atoms with Gasteiger partial charge < -0.3 is 15.2 Å². The Morgan fingerprint density at radius 3 is 3.05 bits per heavy atom. The van der Waals surface area contributed by atoms with Gasteiger partial charge in [0.1, 0.15) is 11.9 Å². The fraction of sp³-hybridized carbons (Fsp3) is 0.308. The predicted molar refractivity (Wildman–Crippen MR) is 69.4 cm³/mol. The van der Waals surface area contributed by atoms with Gasteiger partial charge in [-0.05, 0) is 19.1 Å². The van der Waals surface area contributed by atoms with Crippen molar-refractivity contribution in [3.63, 3.8) is 0 Å². The topological polar surface area (TPSA) is 92.0 Å². The van der Waals surface area contributed by atoms with Gasteiger partial charge in [0.2, 0.25) is 5.88 Å². The predicted octanol–water partition coefficient (Wildman–Crippen LogP) is 1.39. The van der Waals surface area contributed by atoms with Crippen LogP contribution in [0.3, 0.4) is 0 Å². The molecule has 0 bridgehead atoms. The molecule has 0 saturated heterocycles. The van der Waals surface area contributed by atoms with Gasteiger partial charge in [0.25, 0.3) is 0 Å². The van der Waals surface area contributed by atoms with E-state index >= 15 is 0 Å². The molecular formula is C13H13N5O. The van der Waals surface area contributed by atoms with Crippen molar-refractivity contribution in [1.29, 1.82) is 5.26 Å². The average Bonchev–Trinajstić information content (AvgIpc) is 2.80. The highest BCUT2D eigenvalue weighted by atomic mass is 16.5. The van der Waals surface area contributed by atoms with Crippen LogP contribution in [0.5, 0.6) is 0 Å². The van der Waals surface area contributed by atoms with Crippen molar-refractivity contribution >= 4 is 11.7 Å². The highest BCUT2D eigenvalue weighted by Crippen LogP contribution is 2.27. The first kappa shape index (κ1) is 11.5. The van der Waals surface area contributed by atoms with Crippen LogP contribution >= 0.6 is 0 Å². The standard InChI is InChI=1S/C13H13N5O/c1-8-9(6-14)2-3-12(16-8)18-5-4-11-10(7-18)13(15)19-17-11/h2-3H,4-5,7,15H2,1H3. The lowest BCUT2D eigenvalue weighted by molar-refractivity contribution is 0.428. The molecule has 0 radical (unpaired) electrons. The number of fused-ring (bicyclic) bond motifs is 1. The number of hydrogen-bond donors (Lipinski definition) is 1. The number of rotatable bonds is 1. The molecule has 0 spiro atoms. The normalized spacial score (nSPS) is 14.0. The quantitative estimate of drug-likeness (QED) is 0.828. The fourth-order valence-electron chi connectivity index (χ4n) is 2.27. The van der Waals surface area contributed by atoms with Crippen LogP contribution < -0.4 is 10.6 Å². The van der Waals surface area contributed by atoms with Crippen molar-refractivity contribution < 1.29 is 4.52 Å². The van der Waals surface area contributed by atoms with Crippen molar-refractivity contribution in [2.75, 3.05) is 17.2 Å². The number of aryl methyl sites for hydroxylation is 1. The molecule has 0 fully saturated rings. The number of aromatic nitrogens is 2. The van der Waals surface area contributed by atoms with Crippen molar-refractivity contribution in [3.8, 4) is 6.07 Å². The Labute approximate surface area is 110 Å². The second-order valence-corrected chi connectivity index (χ2v) is 4.56. The lowest BCUT2D eigenvalue weighted by Gasteiger charge is -2.27. The monoisotopic (exact) mass is 255 g/mol. The molecule has 3 rings (SSSR count). The van der Waals surface area contributed by atoms with E-state index in [2.05, 4.69) is 21.1 Å². The lowest BCUT2D eigenvalue weighted by Crippen LogP contribution is -2.31. The molecule has 2 aromatic rings. The largest absolute Gasteiger partial charge is 0.367 e. The average molecular weight is 255 g/mol. The maximum Gasteiger partial charge on any atom is 0.227 e. The first-order chi connectivity index (χ1) is 9.19. The third-order valence-electron chi connectivity index (χ3n) is 3.38. The Balaban J connectivity index is 1.91. The summed E-state index contributed by atoms with van der Waals surface area (Å²) in [5.41, 5.74) is 8.97. The van der Waals surface area contributed by atoms with Crippen molar-refractivity contribution in [1.82, 2.24) is 10.1 Å². The fourth-order valence-corrected chi connectivity index (χ4v) is 2.27. The van der Waals surface area contributed by atoms with Gasteiger partial charge >= 0.3 is 0 Å². The molecule has 0 aromatic carbocycles. The zero-order valence-electron chi connectivity index (χ0n) is 10.6. The number of nitrogens with two attached hydrogens (primary N) is 1. The van der Waals surface area contributed by atoms with Gasteiger partial charge in [0, 0.05) is 13.0 Å². The van der Waals surface area contributed by atoms with Crippen LogP contribution in [0.2, 0.25) is 0 Å². The van der Waals surface area contributed by atoms with Crippen LogP contribution in [-0.4, -0.2) is 16.7 Å². The van der Waals surface area contributed by atoms with Crippen LogP contribution in [0.25, 0.3) is 0 Å². The van der Waals surface area contributed by atoms with E-state index in [1.54, 1.807) is 6.07 Å². The Bertz CT molecular complexity index is 670. The molecule has 0 amide bonds. The summed E-state index contributed by atoms with van der Waals surface area (Å²) in [7, 11) is 0. The van der Waals surface area contributed by atoms with E-state index in [9.17, 15) is 0 Å². The maximum absolute atomic E-state index is 8.92. The Morgan fingerprint density at radius 2 is 2.32 bits per heavy atom. The van der Waals surface area contributed by atoms with Crippen LogP contribution in [0, 0.1) is 18.3 Å². The van der Waals surface area contributed by atoms with Crippen molar-refractivity contribution in [2.24, 2.45) is 0 Å². The summed E-state index contributed by atoms with van der Waals surface area (Å²) in [4.78, 5) is 6.58. The SMILES string of the molecule is Cc1nc(N2CCc3noc(N)c3C2)ccc1C#N. The second kappa shape index (κ2) is 4.28. The van der Waals surface area contributed by atoms with Gasteiger partial charge in [-0.15, -0.1) is 0 Å². The lowest BCUT2D eigenvalue weighted by atomic mass is 10.1. The third-order valence-corrected chi connectivity index (χ3v) is 3.38. The van der Waals surface area contributed by atoms with Gasteiger partial charge in [-0.25, -0.2) is 4.98 Å². The van der Waals surface area contributed by atoms with E-state index in [1.807, 2.05) is 13.0 Å². The van der Waals surface area contributed by atoms with E-state index in [4.69, 9.17) is 15.5 Å². The molecule has 6 heteroatoms. The zero-order valence-corrected chi connectivity index (χ0v) is 10.6. The van der Waals surface area contributed by atoms with Crippen LogP contribution in [0.15, 0.2) is 16.7 Å². The van der Waals surface area contributed by atoms with Gasteiger partial charge in [0.15, 0.2) is 0 Å². The highest BCUT2D eigenvalue weighted by Gasteiger charge is 2.23. The Hall–Kier alpha value is -2.55. The van der Waals surface area contributed by atoms with Crippen molar-refractivity contribution in [2.45, 2.75) is 19.9 Å². The molecule has 6 nitrogen and oxygen atoms in total. The van der Waals surface area contributed by atoms with E-state index in [1.165, 1.54) is 0 Å². The minimum atomic E-state index is 0.380. The molecule has 96 valence electrons. The molecule has 1 aliphatic heterocycles. The molecule has 3 heterocycles. The zero-order chi connectivity index (χ0) is 13.4. The van der Waals surface area contributed by atoms with Gasteiger partial charge in [0.05, 0.1) is 29.1 Å². The van der Waals surface area contributed by atoms with Gasteiger partial charge in [-0.1, -0.05) is 5.16 Å². The Morgan fingerprint density at radius 1 is 1.47 bits per heavy atom. The molecule has 0 saturated carbocycles. The first-order valence-electron chi connectivity index (χ1n) is 6.04. The summed E-state index contributed by atoms with van der Waals surface area (Å²) in [6.45, 7) is 3.30. The summed E-state index contributed by atoms with van der Waals surface area (Å²) >= 11 is 0. The minimum Gasteiger partial charge on any atom is -0.367 e. The second-order valence-electron chi connectivity index (χ2n) is 4.56. The number of nitrogens with zero attached hydrogens (tertiary/aromatic N) is 4. The molecular weight excluding hydrogens is 242 g/mol. The van der Waals surface area contributed by atoms with Crippen LogP contribution in [0.4, 0.5) is 11.7 Å². The molecule has 2 aromatic heterocycles. The number of anilines is 2. The summed E-state index contributed by atoms with van der Waals surface area (Å²) < 4.78 is 5.00. The van der Waals surface area contributed by atoms with E-state index in [0.717, 1.165) is 35.7 Å². The highest BCUT2D eigenvalue weighted by molar-refractivity contribution is 5.50. The van der Waals surface area contributed by atoms with E-state index in [0.29, 0.717) is 18.0 Å². The summed E-state index contributed by atoms with van der Waals surface area (Å²) in [6.07, 6.45) is 0.788. The first-order valence-corrected chi connectivity index (χ1v) is 6.04. The number of nitriles is 1. The smallest absolute Gasteiger partial charge is 0.227 e. The van der Waals surface area contributed by atoms with Gasteiger partial charge in [-0.3, -0.25) is 0 Å². The number of hydrogen-bond acceptors (Lipinski definition) is 6. The molecule has 0 aliphatic carbocycles. The summed E-state index contributed by atoms with van der Waals surface area (Å²) in [5, 5.41) is 12.9. The van der Waals surface area contributed by atoms with Crippen LogP contribution in [-0.2, 0) is 13.0 Å². The summed E-state index contributed by atoms with van der Waals surface area (Å²) in [5.74, 6) is 1.23. The van der Waals surface area contributed by atoms with Gasteiger partial charge in [-0.2, -0.15) is 5.26 Å². The number of pyridine rings is 1. The van der Waals surface area contributed by atoms with Crippen molar-refractivity contribution in [3.05, 3.63) is 34.6 Å². The number of nitrogen functional groups attached to an aromatic ring is 1. The molecule has 2 N–H and O–H groups in total. The summed E-state index contributed by atoms with van der Waals surface area (Å²) in [6, 6.07) is 5.78. The molecule has 0 unspecified atom stereocenters.